The quantitative estimate of drug-likeness (QED) is 0.737. The summed E-state index contributed by atoms with van der Waals surface area (Å²) in [4.78, 5) is 4.25. The Kier molecular flexibility index (Phi) is 3.09. The van der Waals surface area contributed by atoms with E-state index in [-0.39, 0.29) is 5.82 Å². The van der Waals surface area contributed by atoms with Crippen LogP contribution in [0, 0.1) is 5.82 Å². The Bertz CT molecular complexity index is 536. The first-order chi connectivity index (χ1) is 8.39. The van der Waals surface area contributed by atoms with Gasteiger partial charge in [0.05, 0.1) is 0 Å². The van der Waals surface area contributed by atoms with Crippen LogP contribution in [0.15, 0.2) is 40.5 Å². The van der Waals surface area contributed by atoms with E-state index in [1.807, 2.05) is 19.9 Å². The SMILES string of the molecule is CC1=C(C)C(N)=NC(N)(Cc2cccc(F)c2)N1. The van der Waals surface area contributed by atoms with Gasteiger partial charge in [0.25, 0.3) is 0 Å². The summed E-state index contributed by atoms with van der Waals surface area (Å²) in [6.07, 6.45) is 0.371. The Balaban J connectivity index is 2.25. The van der Waals surface area contributed by atoms with E-state index in [1.165, 1.54) is 12.1 Å². The molecule has 1 aliphatic rings. The maximum atomic E-state index is 13.1. The summed E-state index contributed by atoms with van der Waals surface area (Å²) in [5.74, 6) is -0.876. The van der Waals surface area contributed by atoms with Crippen LogP contribution in [0.5, 0.6) is 0 Å². The van der Waals surface area contributed by atoms with Gasteiger partial charge in [0, 0.05) is 17.7 Å². The zero-order valence-corrected chi connectivity index (χ0v) is 10.5. The molecule has 0 radical (unpaired) electrons. The number of nitrogens with two attached hydrogens (primary N) is 2. The first kappa shape index (κ1) is 12.6. The minimum atomic E-state index is -1.01. The lowest BCUT2D eigenvalue weighted by Crippen LogP contribution is -2.56. The number of nitrogens with zero attached hydrogens (tertiary/aromatic N) is 1. The Morgan fingerprint density at radius 3 is 2.72 bits per heavy atom. The van der Waals surface area contributed by atoms with Crippen molar-refractivity contribution in [2.75, 3.05) is 0 Å². The highest BCUT2D eigenvalue weighted by atomic mass is 19.1. The molecule has 0 saturated heterocycles. The van der Waals surface area contributed by atoms with Crippen LogP contribution in [0.4, 0.5) is 4.39 Å². The molecule has 0 amide bonds. The molecule has 0 bridgehead atoms. The Hall–Kier alpha value is -1.88. The van der Waals surface area contributed by atoms with Crippen LogP contribution >= 0.6 is 0 Å². The van der Waals surface area contributed by atoms with Gasteiger partial charge in [-0.15, -0.1) is 0 Å². The second-order valence-corrected chi connectivity index (χ2v) is 4.60. The fourth-order valence-corrected chi connectivity index (χ4v) is 1.98. The molecule has 0 aromatic heterocycles. The second kappa shape index (κ2) is 4.42. The normalized spacial score (nSPS) is 23.7. The van der Waals surface area contributed by atoms with Crippen molar-refractivity contribution in [3.05, 3.63) is 46.9 Å². The average molecular weight is 248 g/mol. The number of halogens is 1. The molecule has 4 nitrogen and oxygen atoms in total. The molecule has 5 N–H and O–H groups in total. The van der Waals surface area contributed by atoms with Gasteiger partial charge >= 0.3 is 0 Å². The first-order valence-corrected chi connectivity index (χ1v) is 5.74. The number of nitrogens with one attached hydrogen (secondary N) is 1. The maximum Gasteiger partial charge on any atom is 0.188 e. The molecule has 0 saturated carbocycles. The maximum absolute atomic E-state index is 13.1. The summed E-state index contributed by atoms with van der Waals surface area (Å²) >= 11 is 0. The number of aliphatic imine (C=N–C) groups is 1. The lowest BCUT2D eigenvalue weighted by molar-refractivity contribution is 0.374. The van der Waals surface area contributed by atoms with Gasteiger partial charge in [-0.1, -0.05) is 12.1 Å². The van der Waals surface area contributed by atoms with E-state index in [4.69, 9.17) is 11.5 Å². The van der Waals surface area contributed by atoms with E-state index in [2.05, 4.69) is 10.3 Å². The molecule has 2 rings (SSSR count). The molecule has 0 spiro atoms. The molecular weight excluding hydrogens is 231 g/mol. The van der Waals surface area contributed by atoms with Crippen molar-refractivity contribution < 1.29 is 4.39 Å². The number of hydrogen-bond donors (Lipinski definition) is 3. The van der Waals surface area contributed by atoms with Gasteiger partial charge in [-0.2, -0.15) is 0 Å². The lowest BCUT2D eigenvalue weighted by Gasteiger charge is -2.33. The smallest absolute Gasteiger partial charge is 0.188 e. The molecule has 1 unspecified atom stereocenters. The largest absolute Gasteiger partial charge is 0.384 e. The molecule has 0 aliphatic carbocycles. The van der Waals surface area contributed by atoms with Gasteiger partial charge in [0.15, 0.2) is 5.79 Å². The fourth-order valence-electron chi connectivity index (χ4n) is 1.98. The number of allylic oxidation sites excluding steroid dienone is 1. The molecule has 1 atom stereocenters. The predicted molar refractivity (Wildman–Crippen MR) is 70.2 cm³/mol. The monoisotopic (exact) mass is 248 g/mol. The highest BCUT2D eigenvalue weighted by molar-refractivity contribution is 5.97. The van der Waals surface area contributed by atoms with E-state index in [0.717, 1.165) is 16.8 Å². The van der Waals surface area contributed by atoms with E-state index < -0.39 is 5.79 Å². The first-order valence-electron chi connectivity index (χ1n) is 5.74. The third-order valence-corrected chi connectivity index (χ3v) is 3.03. The summed E-state index contributed by atoms with van der Waals surface area (Å²) in [5.41, 5.74) is 14.5. The molecule has 1 aromatic rings. The van der Waals surface area contributed by atoms with Gasteiger partial charge in [0.2, 0.25) is 0 Å². The third kappa shape index (κ3) is 2.51. The molecule has 0 fully saturated rings. The van der Waals surface area contributed by atoms with E-state index >= 15 is 0 Å². The molecule has 5 heteroatoms. The van der Waals surface area contributed by atoms with Crippen LogP contribution in [0.1, 0.15) is 19.4 Å². The molecule has 18 heavy (non-hydrogen) atoms. The van der Waals surface area contributed by atoms with Crippen molar-refractivity contribution >= 4 is 5.84 Å². The average Bonchev–Trinajstić information content (AvgIpc) is 2.25. The van der Waals surface area contributed by atoms with Crippen molar-refractivity contribution in [1.82, 2.24) is 5.32 Å². The topological polar surface area (TPSA) is 76.4 Å². The summed E-state index contributed by atoms with van der Waals surface area (Å²) in [7, 11) is 0. The Labute approximate surface area is 106 Å². The van der Waals surface area contributed by atoms with Crippen LogP contribution in [0.3, 0.4) is 0 Å². The van der Waals surface area contributed by atoms with Gasteiger partial charge in [-0.3, -0.25) is 5.73 Å². The van der Waals surface area contributed by atoms with Gasteiger partial charge < -0.3 is 11.1 Å². The van der Waals surface area contributed by atoms with Crippen molar-refractivity contribution in [3.63, 3.8) is 0 Å². The number of hydrogen-bond acceptors (Lipinski definition) is 4. The number of amidine groups is 1. The van der Waals surface area contributed by atoms with E-state index in [9.17, 15) is 4.39 Å². The minimum absolute atomic E-state index is 0.285. The summed E-state index contributed by atoms with van der Waals surface area (Å²) in [6.45, 7) is 3.77. The van der Waals surface area contributed by atoms with Crippen molar-refractivity contribution in [3.8, 4) is 0 Å². The zero-order chi connectivity index (χ0) is 13.3. The molecule has 1 aromatic carbocycles. The Morgan fingerprint density at radius 1 is 1.39 bits per heavy atom. The second-order valence-electron chi connectivity index (χ2n) is 4.60. The molecule has 1 heterocycles. The number of rotatable bonds is 2. The van der Waals surface area contributed by atoms with Crippen LogP contribution in [0.2, 0.25) is 0 Å². The molecule has 96 valence electrons. The van der Waals surface area contributed by atoms with Gasteiger partial charge in [0.1, 0.15) is 11.7 Å². The standard InChI is InChI=1S/C13H17FN4/c1-8-9(2)17-13(16,18-12(8)15)7-10-4-3-5-11(14)6-10/h3-6,17H,7,16H2,1-2H3,(H2,15,18). The summed E-state index contributed by atoms with van der Waals surface area (Å²) < 4.78 is 13.1. The third-order valence-electron chi connectivity index (χ3n) is 3.03. The van der Waals surface area contributed by atoms with Crippen molar-refractivity contribution in [2.45, 2.75) is 26.1 Å². The predicted octanol–water partition coefficient (Wildman–Crippen LogP) is 1.23. The fraction of sp³-hybridized carbons (Fsp3) is 0.308. The number of benzene rings is 1. The van der Waals surface area contributed by atoms with Crippen molar-refractivity contribution in [2.24, 2.45) is 16.5 Å². The zero-order valence-electron chi connectivity index (χ0n) is 10.5. The van der Waals surface area contributed by atoms with Crippen LogP contribution in [0.25, 0.3) is 0 Å². The van der Waals surface area contributed by atoms with E-state index in [1.54, 1.807) is 6.07 Å². The Morgan fingerprint density at radius 2 is 2.11 bits per heavy atom. The van der Waals surface area contributed by atoms with E-state index in [0.29, 0.717) is 12.3 Å². The summed E-state index contributed by atoms with van der Waals surface area (Å²) in [5, 5.41) is 3.11. The highest BCUT2D eigenvalue weighted by Crippen LogP contribution is 2.18. The van der Waals surface area contributed by atoms with Gasteiger partial charge in [-0.25, -0.2) is 9.38 Å². The van der Waals surface area contributed by atoms with Crippen LogP contribution in [-0.4, -0.2) is 11.6 Å². The summed E-state index contributed by atoms with van der Waals surface area (Å²) in [6, 6.07) is 6.31. The van der Waals surface area contributed by atoms with Crippen LogP contribution in [-0.2, 0) is 6.42 Å². The van der Waals surface area contributed by atoms with Crippen molar-refractivity contribution in [1.29, 1.82) is 0 Å². The van der Waals surface area contributed by atoms with Crippen LogP contribution < -0.4 is 16.8 Å². The highest BCUT2D eigenvalue weighted by Gasteiger charge is 2.29. The molecular formula is C13H17FN4. The van der Waals surface area contributed by atoms with Gasteiger partial charge in [-0.05, 0) is 31.5 Å². The lowest BCUT2D eigenvalue weighted by atomic mass is 10.0. The minimum Gasteiger partial charge on any atom is -0.384 e. The molecule has 1 aliphatic heterocycles.